The second-order valence-corrected chi connectivity index (χ2v) is 2.82. The van der Waals surface area contributed by atoms with Crippen LogP contribution in [-0.2, 0) is 9.47 Å². The van der Waals surface area contributed by atoms with Crippen LogP contribution in [0.15, 0.2) is 4.99 Å². The van der Waals surface area contributed by atoms with Crippen LogP contribution in [0, 0.1) is 5.92 Å². The fraction of sp³-hybridized carbons (Fsp3) is 0.875. The number of amidine groups is 1. The van der Waals surface area contributed by atoms with Crippen molar-refractivity contribution >= 4 is 6.02 Å². The molecule has 0 aromatic rings. The number of rotatable bonds is 2. The molecule has 0 amide bonds. The Morgan fingerprint density at radius 2 is 2.33 bits per heavy atom. The monoisotopic (exact) mass is 172 g/mol. The van der Waals surface area contributed by atoms with Gasteiger partial charge in [-0.2, -0.15) is 0 Å². The number of methoxy groups -OCH3 is 2. The maximum atomic E-state index is 5.25. The minimum absolute atomic E-state index is 0.0439. The van der Waals surface area contributed by atoms with E-state index < -0.39 is 0 Å². The lowest BCUT2D eigenvalue weighted by Crippen LogP contribution is -2.47. The van der Waals surface area contributed by atoms with Gasteiger partial charge in [0.05, 0.1) is 13.7 Å². The summed E-state index contributed by atoms with van der Waals surface area (Å²) in [4.78, 5) is 4.20. The van der Waals surface area contributed by atoms with Crippen LogP contribution in [-0.4, -0.2) is 33.0 Å². The van der Waals surface area contributed by atoms with Gasteiger partial charge in [0.1, 0.15) is 6.23 Å². The Labute approximate surface area is 73.0 Å². The van der Waals surface area contributed by atoms with Crippen molar-refractivity contribution in [1.29, 1.82) is 0 Å². The van der Waals surface area contributed by atoms with Gasteiger partial charge in [-0.15, -0.1) is 0 Å². The summed E-state index contributed by atoms with van der Waals surface area (Å²) in [5.74, 6) is 0.453. The fourth-order valence-electron chi connectivity index (χ4n) is 1.30. The van der Waals surface area contributed by atoms with Gasteiger partial charge in [-0.25, -0.2) is 4.99 Å². The highest BCUT2D eigenvalue weighted by atomic mass is 16.5. The molecule has 2 unspecified atom stereocenters. The third kappa shape index (κ3) is 1.88. The molecule has 70 valence electrons. The third-order valence-corrected chi connectivity index (χ3v) is 2.13. The van der Waals surface area contributed by atoms with Crippen LogP contribution < -0.4 is 5.32 Å². The van der Waals surface area contributed by atoms with Crippen molar-refractivity contribution in [3.63, 3.8) is 0 Å². The number of aliphatic imine (C=N–C) groups is 1. The van der Waals surface area contributed by atoms with Crippen molar-refractivity contribution < 1.29 is 9.47 Å². The van der Waals surface area contributed by atoms with Crippen molar-refractivity contribution in [2.24, 2.45) is 10.9 Å². The van der Waals surface area contributed by atoms with Crippen molar-refractivity contribution in [2.75, 3.05) is 20.8 Å². The summed E-state index contributed by atoms with van der Waals surface area (Å²) in [6.07, 6.45) is 1.11. The van der Waals surface area contributed by atoms with Gasteiger partial charge < -0.3 is 14.8 Å². The predicted octanol–water partition coefficient (Wildman–Crippen LogP) is 0.591. The molecule has 1 rings (SSSR count). The van der Waals surface area contributed by atoms with Gasteiger partial charge in [0.2, 0.25) is 0 Å². The number of hydrogen-bond donors (Lipinski definition) is 1. The normalized spacial score (nSPS) is 29.1. The van der Waals surface area contributed by atoms with Gasteiger partial charge >= 0.3 is 0 Å². The molecule has 0 fully saturated rings. The first-order valence-corrected chi connectivity index (χ1v) is 4.19. The van der Waals surface area contributed by atoms with Gasteiger partial charge in [0, 0.05) is 13.0 Å². The summed E-state index contributed by atoms with van der Waals surface area (Å²) >= 11 is 0. The van der Waals surface area contributed by atoms with E-state index in [1.54, 1.807) is 14.2 Å². The quantitative estimate of drug-likeness (QED) is 0.663. The molecule has 1 heterocycles. The molecule has 0 spiro atoms. The molecular formula is C8H16N2O2. The lowest BCUT2D eigenvalue weighted by Gasteiger charge is -2.29. The Hall–Kier alpha value is -0.770. The zero-order chi connectivity index (χ0) is 8.97. The van der Waals surface area contributed by atoms with Crippen molar-refractivity contribution in [3.8, 4) is 0 Å². The molecular weight excluding hydrogens is 156 g/mol. The van der Waals surface area contributed by atoms with Crippen molar-refractivity contribution in [1.82, 2.24) is 5.32 Å². The summed E-state index contributed by atoms with van der Waals surface area (Å²) in [7, 11) is 3.30. The van der Waals surface area contributed by atoms with Crippen LogP contribution in [0.1, 0.15) is 13.3 Å². The molecule has 0 saturated carbocycles. The molecule has 0 aromatic heterocycles. The average molecular weight is 172 g/mol. The zero-order valence-electron chi connectivity index (χ0n) is 7.83. The Morgan fingerprint density at radius 3 is 2.83 bits per heavy atom. The number of nitrogens with zero attached hydrogens (tertiary/aromatic N) is 1. The van der Waals surface area contributed by atoms with E-state index in [1.165, 1.54) is 0 Å². The largest absolute Gasteiger partial charge is 0.469 e. The highest BCUT2D eigenvalue weighted by molar-refractivity contribution is 5.74. The van der Waals surface area contributed by atoms with Crippen LogP contribution in [0.3, 0.4) is 0 Å². The highest BCUT2D eigenvalue weighted by Crippen LogP contribution is 2.13. The van der Waals surface area contributed by atoms with E-state index in [4.69, 9.17) is 9.47 Å². The lowest BCUT2D eigenvalue weighted by atomic mass is 10.0. The van der Waals surface area contributed by atoms with E-state index in [0.29, 0.717) is 11.9 Å². The molecule has 0 saturated heterocycles. The fourth-order valence-corrected chi connectivity index (χ4v) is 1.30. The van der Waals surface area contributed by atoms with Crippen LogP contribution >= 0.6 is 0 Å². The Bertz CT molecular complexity index is 170. The second kappa shape index (κ2) is 4.30. The van der Waals surface area contributed by atoms with Crippen LogP contribution in [0.25, 0.3) is 0 Å². The maximum Gasteiger partial charge on any atom is 0.286 e. The van der Waals surface area contributed by atoms with E-state index in [1.807, 2.05) is 0 Å². The second-order valence-electron chi connectivity index (χ2n) is 2.82. The molecule has 4 nitrogen and oxygen atoms in total. The van der Waals surface area contributed by atoms with Gasteiger partial charge in [0.25, 0.3) is 6.02 Å². The maximum absolute atomic E-state index is 5.25. The smallest absolute Gasteiger partial charge is 0.286 e. The van der Waals surface area contributed by atoms with Gasteiger partial charge in [-0.1, -0.05) is 6.92 Å². The van der Waals surface area contributed by atoms with Gasteiger partial charge in [0.15, 0.2) is 0 Å². The summed E-state index contributed by atoms with van der Waals surface area (Å²) < 4.78 is 10.2. The first kappa shape index (κ1) is 9.32. The van der Waals surface area contributed by atoms with Gasteiger partial charge in [-0.3, -0.25) is 0 Å². The molecule has 1 N–H and O–H groups in total. The first-order valence-electron chi connectivity index (χ1n) is 4.19. The Morgan fingerprint density at radius 1 is 1.58 bits per heavy atom. The molecule has 1 aliphatic heterocycles. The molecule has 12 heavy (non-hydrogen) atoms. The lowest BCUT2D eigenvalue weighted by molar-refractivity contribution is 0.0306. The minimum Gasteiger partial charge on any atom is -0.469 e. The number of ether oxygens (including phenoxy) is 2. The summed E-state index contributed by atoms with van der Waals surface area (Å²) in [6, 6.07) is 0.576. The van der Waals surface area contributed by atoms with E-state index in [0.717, 1.165) is 13.0 Å². The number of hydrogen-bond acceptors (Lipinski definition) is 4. The predicted molar refractivity (Wildman–Crippen MR) is 47.0 cm³/mol. The molecule has 0 aliphatic carbocycles. The molecule has 0 aromatic carbocycles. The van der Waals surface area contributed by atoms with Crippen LogP contribution in [0.5, 0.6) is 0 Å². The zero-order valence-corrected chi connectivity index (χ0v) is 7.83. The summed E-state index contributed by atoms with van der Waals surface area (Å²) in [5.41, 5.74) is 0. The summed E-state index contributed by atoms with van der Waals surface area (Å²) in [5, 5.41) is 3.06. The minimum atomic E-state index is 0.0439. The number of nitrogens with one attached hydrogen (secondary N) is 1. The Kier molecular flexibility index (Phi) is 3.34. The molecule has 1 aliphatic rings. The van der Waals surface area contributed by atoms with E-state index in [2.05, 4.69) is 17.2 Å². The molecule has 4 heteroatoms. The topological polar surface area (TPSA) is 42.8 Å². The van der Waals surface area contributed by atoms with Crippen molar-refractivity contribution in [3.05, 3.63) is 0 Å². The van der Waals surface area contributed by atoms with Crippen LogP contribution in [0.2, 0.25) is 0 Å². The van der Waals surface area contributed by atoms with E-state index in [-0.39, 0.29) is 6.23 Å². The molecule has 0 bridgehead atoms. The van der Waals surface area contributed by atoms with E-state index in [9.17, 15) is 0 Å². The molecule has 0 radical (unpaired) electrons. The van der Waals surface area contributed by atoms with Crippen molar-refractivity contribution in [2.45, 2.75) is 19.6 Å². The van der Waals surface area contributed by atoms with E-state index >= 15 is 0 Å². The molecule has 2 atom stereocenters. The first-order chi connectivity index (χ1) is 5.81. The standard InChI is InChI=1S/C8H16N2O2/c1-4-6-5-9-8(12-3)10-7(6)11-2/h6-7H,4-5H2,1-3H3,(H,9,10). The van der Waals surface area contributed by atoms with Gasteiger partial charge in [-0.05, 0) is 6.42 Å². The average Bonchev–Trinajstić information content (AvgIpc) is 2.16. The summed E-state index contributed by atoms with van der Waals surface area (Å²) in [6.45, 7) is 2.91. The third-order valence-electron chi connectivity index (χ3n) is 2.13. The van der Waals surface area contributed by atoms with Crippen LogP contribution in [0.4, 0.5) is 0 Å². The SMILES string of the molecule is CCC1CN=C(OC)NC1OC. The highest BCUT2D eigenvalue weighted by Gasteiger charge is 2.24. The Balaban J connectivity index is 2.56.